The van der Waals surface area contributed by atoms with E-state index in [4.69, 9.17) is 14.9 Å². The van der Waals surface area contributed by atoms with Crippen molar-refractivity contribution in [2.45, 2.75) is 31.1 Å². The number of hydrogen-bond donors (Lipinski definition) is 1. The number of ether oxygens (including phenoxy) is 1. The Hall–Kier alpha value is -1.48. The summed E-state index contributed by atoms with van der Waals surface area (Å²) in [7, 11) is 1.68. The van der Waals surface area contributed by atoms with Crippen LogP contribution in [0.4, 0.5) is 0 Å². The summed E-state index contributed by atoms with van der Waals surface area (Å²) in [6.45, 7) is 0.671. The summed E-state index contributed by atoms with van der Waals surface area (Å²) < 4.78 is 11.3. The molecular formula is C15H19NO2. The number of rotatable bonds is 3. The molecule has 0 saturated heterocycles. The Labute approximate surface area is 107 Å². The minimum absolute atomic E-state index is 0.0618. The van der Waals surface area contributed by atoms with E-state index >= 15 is 0 Å². The molecule has 0 atom stereocenters. The summed E-state index contributed by atoms with van der Waals surface area (Å²) in [5.74, 6) is 1.91. The molecule has 3 heteroatoms. The molecule has 0 unspecified atom stereocenters. The molecule has 2 aromatic rings. The van der Waals surface area contributed by atoms with Crippen molar-refractivity contribution >= 4 is 11.0 Å². The van der Waals surface area contributed by atoms with Gasteiger partial charge in [0.2, 0.25) is 0 Å². The second-order valence-corrected chi connectivity index (χ2v) is 5.21. The van der Waals surface area contributed by atoms with Crippen molar-refractivity contribution in [3.8, 4) is 5.75 Å². The number of fused-ring (bicyclic) bond motifs is 1. The highest BCUT2D eigenvalue weighted by atomic mass is 16.5. The molecule has 1 fully saturated rings. The first-order valence-electron chi connectivity index (χ1n) is 6.55. The Bertz CT molecular complexity index is 553. The van der Waals surface area contributed by atoms with E-state index in [1.54, 1.807) is 7.11 Å². The van der Waals surface area contributed by atoms with Crippen molar-refractivity contribution in [3.63, 3.8) is 0 Å². The predicted molar refractivity (Wildman–Crippen MR) is 72.0 cm³/mol. The SMILES string of the molecule is COc1ccc2oc(C3(CN)CCCC3)cc2c1. The van der Waals surface area contributed by atoms with Crippen LogP contribution in [-0.2, 0) is 5.41 Å². The van der Waals surface area contributed by atoms with Crippen LogP contribution in [0.25, 0.3) is 11.0 Å². The van der Waals surface area contributed by atoms with E-state index in [1.807, 2.05) is 18.2 Å². The van der Waals surface area contributed by atoms with Crippen LogP contribution >= 0.6 is 0 Å². The van der Waals surface area contributed by atoms with Gasteiger partial charge in [0.15, 0.2) is 0 Å². The number of nitrogens with two attached hydrogens (primary N) is 1. The van der Waals surface area contributed by atoms with Crippen LogP contribution in [0, 0.1) is 0 Å². The van der Waals surface area contributed by atoms with Crippen LogP contribution in [0.1, 0.15) is 31.4 Å². The zero-order valence-corrected chi connectivity index (χ0v) is 10.7. The molecule has 1 aliphatic rings. The Morgan fingerprint density at radius 3 is 2.72 bits per heavy atom. The van der Waals surface area contributed by atoms with Crippen molar-refractivity contribution in [2.24, 2.45) is 5.73 Å². The van der Waals surface area contributed by atoms with E-state index < -0.39 is 0 Å². The summed E-state index contributed by atoms with van der Waals surface area (Å²) in [6, 6.07) is 8.05. The van der Waals surface area contributed by atoms with Gasteiger partial charge in [-0.05, 0) is 37.1 Å². The van der Waals surface area contributed by atoms with E-state index in [2.05, 4.69) is 6.07 Å². The summed E-state index contributed by atoms with van der Waals surface area (Å²) in [6.07, 6.45) is 4.77. The Morgan fingerprint density at radius 1 is 1.28 bits per heavy atom. The molecular weight excluding hydrogens is 226 g/mol. The van der Waals surface area contributed by atoms with Gasteiger partial charge in [-0.1, -0.05) is 12.8 Å². The normalized spacial score (nSPS) is 18.3. The fourth-order valence-electron chi connectivity index (χ4n) is 3.01. The molecule has 0 spiro atoms. The number of hydrogen-bond acceptors (Lipinski definition) is 3. The largest absolute Gasteiger partial charge is 0.497 e. The van der Waals surface area contributed by atoms with Crippen LogP contribution in [0.15, 0.2) is 28.7 Å². The lowest BCUT2D eigenvalue weighted by molar-refractivity contribution is 0.359. The summed E-state index contributed by atoms with van der Waals surface area (Å²) in [4.78, 5) is 0. The van der Waals surface area contributed by atoms with Gasteiger partial charge >= 0.3 is 0 Å². The first kappa shape index (κ1) is 11.6. The highest BCUT2D eigenvalue weighted by Crippen LogP contribution is 2.42. The quantitative estimate of drug-likeness (QED) is 0.903. The topological polar surface area (TPSA) is 48.4 Å². The molecule has 1 heterocycles. The van der Waals surface area contributed by atoms with E-state index in [0.717, 1.165) is 35.3 Å². The van der Waals surface area contributed by atoms with Gasteiger partial charge in [0.05, 0.1) is 7.11 Å². The van der Waals surface area contributed by atoms with Gasteiger partial charge < -0.3 is 14.9 Å². The second-order valence-electron chi connectivity index (χ2n) is 5.21. The van der Waals surface area contributed by atoms with Gasteiger partial charge in [-0.25, -0.2) is 0 Å². The maximum absolute atomic E-state index is 6.01. The molecule has 2 N–H and O–H groups in total. The Balaban J connectivity index is 2.07. The highest BCUT2D eigenvalue weighted by Gasteiger charge is 2.37. The molecule has 18 heavy (non-hydrogen) atoms. The van der Waals surface area contributed by atoms with Crippen molar-refractivity contribution < 1.29 is 9.15 Å². The lowest BCUT2D eigenvalue weighted by atomic mass is 9.83. The van der Waals surface area contributed by atoms with E-state index in [0.29, 0.717) is 6.54 Å². The average Bonchev–Trinajstić information content (AvgIpc) is 3.04. The van der Waals surface area contributed by atoms with Gasteiger partial charge in [-0.15, -0.1) is 0 Å². The van der Waals surface area contributed by atoms with Gasteiger partial charge in [0.25, 0.3) is 0 Å². The van der Waals surface area contributed by atoms with E-state index in [-0.39, 0.29) is 5.41 Å². The van der Waals surface area contributed by atoms with Crippen LogP contribution in [-0.4, -0.2) is 13.7 Å². The summed E-state index contributed by atoms with van der Waals surface area (Å²) >= 11 is 0. The van der Waals surface area contributed by atoms with Crippen molar-refractivity contribution in [1.82, 2.24) is 0 Å². The minimum Gasteiger partial charge on any atom is -0.497 e. The fraction of sp³-hybridized carbons (Fsp3) is 0.467. The third-order valence-electron chi connectivity index (χ3n) is 4.20. The first-order valence-corrected chi connectivity index (χ1v) is 6.55. The monoisotopic (exact) mass is 245 g/mol. The van der Waals surface area contributed by atoms with Crippen LogP contribution < -0.4 is 10.5 Å². The maximum atomic E-state index is 6.01. The molecule has 1 aromatic heterocycles. The maximum Gasteiger partial charge on any atom is 0.134 e. The third kappa shape index (κ3) is 1.70. The van der Waals surface area contributed by atoms with Crippen LogP contribution in [0.5, 0.6) is 5.75 Å². The van der Waals surface area contributed by atoms with Gasteiger partial charge in [0.1, 0.15) is 17.1 Å². The van der Waals surface area contributed by atoms with Crippen molar-refractivity contribution in [2.75, 3.05) is 13.7 Å². The number of furan rings is 1. The zero-order valence-electron chi connectivity index (χ0n) is 10.7. The number of benzene rings is 1. The minimum atomic E-state index is 0.0618. The molecule has 0 aliphatic heterocycles. The van der Waals surface area contributed by atoms with Gasteiger partial charge in [-0.3, -0.25) is 0 Å². The van der Waals surface area contributed by atoms with Crippen molar-refractivity contribution in [1.29, 1.82) is 0 Å². The molecule has 0 radical (unpaired) electrons. The molecule has 1 saturated carbocycles. The molecule has 3 nitrogen and oxygen atoms in total. The Morgan fingerprint density at radius 2 is 2.06 bits per heavy atom. The average molecular weight is 245 g/mol. The molecule has 0 bridgehead atoms. The van der Waals surface area contributed by atoms with Gasteiger partial charge in [-0.2, -0.15) is 0 Å². The molecule has 1 aromatic carbocycles. The standard InChI is InChI=1S/C15H19NO2/c1-17-12-4-5-13-11(8-12)9-14(18-13)15(10-16)6-2-3-7-15/h4-5,8-9H,2-3,6-7,10,16H2,1H3. The molecule has 0 amide bonds. The second kappa shape index (κ2) is 4.32. The summed E-state index contributed by atoms with van der Waals surface area (Å²) in [5.41, 5.74) is 6.98. The van der Waals surface area contributed by atoms with Crippen molar-refractivity contribution in [3.05, 3.63) is 30.0 Å². The van der Waals surface area contributed by atoms with Crippen LogP contribution in [0.2, 0.25) is 0 Å². The number of methoxy groups -OCH3 is 1. The van der Waals surface area contributed by atoms with E-state index in [1.165, 1.54) is 12.8 Å². The first-order chi connectivity index (χ1) is 8.77. The Kier molecular flexibility index (Phi) is 2.78. The predicted octanol–water partition coefficient (Wildman–Crippen LogP) is 3.21. The molecule has 1 aliphatic carbocycles. The van der Waals surface area contributed by atoms with E-state index in [9.17, 15) is 0 Å². The smallest absolute Gasteiger partial charge is 0.134 e. The zero-order chi connectivity index (χ0) is 12.6. The van der Waals surface area contributed by atoms with Crippen LogP contribution in [0.3, 0.4) is 0 Å². The highest BCUT2D eigenvalue weighted by molar-refractivity contribution is 5.80. The lowest BCUT2D eigenvalue weighted by Gasteiger charge is -2.24. The molecule has 96 valence electrons. The lowest BCUT2D eigenvalue weighted by Crippen LogP contribution is -2.31. The third-order valence-corrected chi connectivity index (χ3v) is 4.20. The molecule has 3 rings (SSSR count). The summed E-state index contributed by atoms with van der Waals surface area (Å²) in [5, 5.41) is 1.10. The van der Waals surface area contributed by atoms with Gasteiger partial charge in [0, 0.05) is 17.3 Å². The fourth-order valence-corrected chi connectivity index (χ4v) is 3.01.